The molecule has 0 aromatic heterocycles. The molecule has 184 valence electrons. The maximum Gasteiger partial charge on any atom is 0.0920 e. The Morgan fingerprint density at radius 3 is 2.30 bits per heavy atom. The zero-order valence-electron chi connectivity index (χ0n) is 21.5. The minimum atomic E-state index is -0.826. The van der Waals surface area contributed by atoms with Gasteiger partial charge in [0.15, 0.2) is 0 Å². The fourth-order valence-corrected chi connectivity index (χ4v) is 6.38. The van der Waals surface area contributed by atoms with E-state index >= 15 is 0 Å². The number of fused-ring (bicyclic) bond motifs is 4. The van der Waals surface area contributed by atoms with Crippen molar-refractivity contribution in [3.63, 3.8) is 0 Å². The molecule has 37 heavy (non-hydrogen) atoms. The Balaban J connectivity index is 0.000000170. The van der Waals surface area contributed by atoms with Crippen molar-refractivity contribution in [2.24, 2.45) is 0 Å². The van der Waals surface area contributed by atoms with Crippen molar-refractivity contribution < 1.29 is 20.8 Å². The molecule has 0 N–H and O–H groups in total. The molecule has 0 saturated heterocycles. The molecule has 5 aromatic rings. The average molecular weight is 617 g/mol. The van der Waals surface area contributed by atoms with Crippen molar-refractivity contribution in [2.75, 3.05) is 0 Å². The van der Waals surface area contributed by atoms with Gasteiger partial charge in [-0.05, 0) is 24.0 Å². The van der Waals surface area contributed by atoms with E-state index < -0.39 is 20.8 Å². The van der Waals surface area contributed by atoms with Crippen LogP contribution in [0, 0.1) is 13.0 Å². The molecular weight excluding hydrogens is 587 g/mol. The van der Waals surface area contributed by atoms with Gasteiger partial charge in [0, 0.05) is 0 Å². The Morgan fingerprint density at radius 2 is 1.54 bits per heavy atom. The summed E-state index contributed by atoms with van der Waals surface area (Å²) in [5, 5.41) is 5.61. The number of rotatable bonds is 4. The first kappa shape index (κ1) is 28.2. The molecule has 0 atom stereocenters. The largest absolute Gasteiger partial charge is 0.184 e. The molecule has 4 heteroatoms. The van der Waals surface area contributed by atoms with Crippen LogP contribution < -0.4 is 10.4 Å². The number of aryl methyl sites for hydroxylation is 3. The number of hydrogen-bond acceptors (Lipinski definition) is 0. The molecule has 1 aliphatic rings. The monoisotopic (exact) mass is 614 g/mol. The summed E-state index contributed by atoms with van der Waals surface area (Å²) in [6.07, 6.45) is 3.41. The summed E-state index contributed by atoms with van der Waals surface area (Å²) >= 11 is -0.826. The van der Waals surface area contributed by atoms with Gasteiger partial charge in [-0.25, -0.2) is 0 Å². The van der Waals surface area contributed by atoms with Gasteiger partial charge in [0.2, 0.25) is 0 Å². The summed E-state index contributed by atoms with van der Waals surface area (Å²) in [7, 11) is 10.7. The molecule has 0 aliphatic carbocycles. The average Bonchev–Trinajstić information content (AvgIpc) is 3.49. The van der Waals surface area contributed by atoms with Gasteiger partial charge in [-0.1, -0.05) is 97.6 Å². The smallest absolute Gasteiger partial charge is 0.0920 e. The molecule has 0 fully saturated rings. The van der Waals surface area contributed by atoms with E-state index in [9.17, 15) is 0 Å². The van der Waals surface area contributed by atoms with Crippen LogP contribution >= 0.6 is 17.0 Å². The van der Waals surface area contributed by atoms with Crippen LogP contribution in [0.3, 0.4) is 0 Å². The zero-order chi connectivity index (χ0) is 26.2. The molecule has 0 bridgehead atoms. The van der Waals surface area contributed by atoms with E-state index in [0.717, 1.165) is 22.4 Å². The van der Waals surface area contributed by atoms with Crippen molar-refractivity contribution in [1.29, 1.82) is 0 Å². The van der Waals surface area contributed by atoms with Crippen molar-refractivity contribution in [3.8, 4) is 22.3 Å². The fraction of sp³-hybridized carbons (Fsp3) is 0.182. The van der Waals surface area contributed by atoms with Gasteiger partial charge in [-0.3, -0.25) is 0 Å². The van der Waals surface area contributed by atoms with Gasteiger partial charge in [-0.2, -0.15) is 35.5 Å². The van der Waals surface area contributed by atoms with Crippen molar-refractivity contribution in [2.45, 2.75) is 40.0 Å². The first-order chi connectivity index (χ1) is 18.1. The first-order valence-corrected chi connectivity index (χ1v) is 20.0. The standard InChI is InChI=1S/C21H23.C12H7Si.2ClH.Zr/c1-4-8-17-11-12-18-13-15(3)14-20(18)21(17)19-10-7-6-9-16(19)5-2;1-3-7-11-9(5-1)10-6-2-4-8-12(10)13-11;;;/h6-7,9-14H,4-5,8H2,1-3H3;1-7H;2*1H;/q2*-1;;;+4/p-2. The molecule has 5 aromatic carbocycles. The van der Waals surface area contributed by atoms with E-state index in [1.165, 1.54) is 66.5 Å². The van der Waals surface area contributed by atoms with Crippen molar-refractivity contribution in [1.82, 2.24) is 0 Å². The number of benzene rings is 4. The number of hydrogen-bond donors (Lipinski definition) is 0. The van der Waals surface area contributed by atoms with Crippen LogP contribution in [0.2, 0.25) is 0 Å². The third-order valence-corrected chi connectivity index (χ3v) is 8.01. The fourth-order valence-electron chi connectivity index (χ4n) is 5.07. The maximum absolute atomic E-state index is 4.93. The summed E-state index contributed by atoms with van der Waals surface area (Å²) in [4.78, 5) is 0. The van der Waals surface area contributed by atoms with E-state index in [0.29, 0.717) is 0 Å². The predicted octanol–water partition coefficient (Wildman–Crippen LogP) is 8.55. The van der Waals surface area contributed by atoms with Crippen molar-refractivity contribution in [3.05, 3.63) is 114 Å². The van der Waals surface area contributed by atoms with Gasteiger partial charge in [0.1, 0.15) is 0 Å². The maximum atomic E-state index is 4.93. The molecule has 0 nitrogen and oxygen atoms in total. The van der Waals surface area contributed by atoms with Crippen molar-refractivity contribution >= 4 is 47.7 Å². The van der Waals surface area contributed by atoms with Crippen LogP contribution in [0.5, 0.6) is 0 Å². The Hall–Kier alpha value is -1.83. The summed E-state index contributed by atoms with van der Waals surface area (Å²) < 4.78 is 0. The summed E-state index contributed by atoms with van der Waals surface area (Å²) in [6, 6.07) is 36.3. The summed E-state index contributed by atoms with van der Waals surface area (Å²) in [5.41, 5.74) is 9.93. The Labute approximate surface area is 242 Å². The van der Waals surface area contributed by atoms with E-state index in [2.05, 4.69) is 112 Å². The SMILES string of the molecule is CCCc1ccc2[cH-]c(C)cc2c1-c1ccccc1CC.[Cl][Zr+2][Cl].[c-]1cccc2c1[Si]c1ccccc1-2. The molecular formula is C33H30Cl2SiZr. The second-order valence-electron chi connectivity index (χ2n) is 9.10. The van der Waals surface area contributed by atoms with Crippen LogP contribution in [-0.2, 0) is 33.7 Å². The second kappa shape index (κ2) is 13.8. The van der Waals surface area contributed by atoms with E-state index in [4.69, 9.17) is 17.0 Å². The third kappa shape index (κ3) is 6.61. The van der Waals surface area contributed by atoms with E-state index in [-0.39, 0.29) is 0 Å². The van der Waals surface area contributed by atoms with Gasteiger partial charge >= 0.3 is 37.9 Å². The number of halogens is 2. The second-order valence-corrected chi connectivity index (χ2v) is 14.1. The molecule has 6 rings (SSSR count). The van der Waals surface area contributed by atoms with Crippen LogP contribution in [0.15, 0.2) is 91.0 Å². The molecule has 0 unspecified atom stereocenters. The molecule has 0 saturated carbocycles. The minimum Gasteiger partial charge on any atom is -0.184 e. The van der Waals surface area contributed by atoms with Gasteiger partial charge in [0.25, 0.3) is 0 Å². The molecule has 0 spiro atoms. The first-order valence-electron chi connectivity index (χ1n) is 12.7. The van der Waals surface area contributed by atoms with Gasteiger partial charge < -0.3 is 0 Å². The van der Waals surface area contributed by atoms with Crippen LogP contribution in [-0.4, -0.2) is 9.52 Å². The topological polar surface area (TPSA) is 0 Å². The van der Waals surface area contributed by atoms with Crippen LogP contribution in [0.25, 0.3) is 33.0 Å². The van der Waals surface area contributed by atoms with Gasteiger partial charge in [0.05, 0.1) is 9.52 Å². The molecule has 2 radical (unpaired) electrons. The Morgan fingerprint density at radius 1 is 0.838 bits per heavy atom. The van der Waals surface area contributed by atoms with E-state index in [1.54, 1.807) is 0 Å². The van der Waals surface area contributed by atoms with E-state index in [1.807, 2.05) is 6.07 Å². The summed E-state index contributed by atoms with van der Waals surface area (Å²) in [6.45, 7) is 6.69. The zero-order valence-corrected chi connectivity index (χ0v) is 26.5. The van der Waals surface area contributed by atoms with Crippen LogP contribution in [0.4, 0.5) is 0 Å². The summed E-state index contributed by atoms with van der Waals surface area (Å²) in [5.74, 6) is 0. The molecule has 1 aliphatic heterocycles. The quantitative estimate of drug-likeness (QED) is 0.138. The molecule has 0 amide bonds. The normalized spacial score (nSPS) is 10.9. The Kier molecular flexibility index (Phi) is 10.5. The third-order valence-electron chi connectivity index (χ3n) is 6.64. The Bertz CT molecular complexity index is 1430. The molecule has 1 heterocycles. The predicted molar refractivity (Wildman–Crippen MR) is 161 cm³/mol. The minimum absolute atomic E-state index is 0.795. The van der Waals surface area contributed by atoms with Gasteiger partial charge in [-0.15, -0.1) is 40.1 Å². The van der Waals surface area contributed by atoms with Crippen LogP contribution in [0.1, 0.15) is 37.0 Å².